The van der Waals surface area contributed by atoms with Gasteiger partial charge in [0, 0.05) is 28.7 Å². The summed E-state index contributed by atoms with van der Waals surface area (Å²) in [6, 6.07) is 14.3. The highest BCUT2D eigenvalue weighted by molar-refractivity contribution is 6.30. The van der Waals surface area contributed by atoms with Gasteiger partial charge >= 0.3 is 0 Å². The van der Waals surface area contributed by atoms with Crippen LogP contribution in [0.1, 0.15) is 29.8 Å². The van der Waals surface area contributed by atoms with E-state index in [4.69, 9.17) is 22.4 Å². The largest absolute Gasteiger partial charge is 0.365 e. The first-order valence-corrected chi connectivity index (χ1v) is 11.3. The number of nitrogens with zero attached hydrogens (tertiary/aromatic N) is 5. The molecule has 9 nitrogen and oxygen atoms in total. The molecule has 3 N–H and O–H groups in total. The van der Waals surface area contributed by atoms with Crippen molar-refractivity contribution < 1.29 is 9.59 Å². The van der Waals surface area contributed by atoms with Crippen LogP contribution in [-0.4, -0.2) is 31.6 Å². The summed E-state index contributed by atoms with van der Waals surface area (Å²) in [7, 11) is 0. The zero-order chi connectivity index (χ0) is 24.7. The van der Waals surface area contributed by atoms with Crippen LogP contribution in [0.5, 0.6) is 0 Å². The van der Waals surface area contributed by atoms with E-state index in [9.17, 15) is 9.59 Å². The minimum Gasteiger partial charge on any atom is -0.365 e. The van der Waals surface area contributed by atoms with E-state index in [1.54, 1.807) is 59.7 Å². The van der Waals surface area contributed by atoms with Gasteiger partial charge in [0.05, 0.1) is 12.6 Å². The first-order valence-electron chi connectivity index (χ1n) is 10.9. The topological polar surface area (TPSA) is 119 Å². The summed E-state index contributed by atoms with van der Waals surface area (Å²) in [6.45, 7) is 3.94. The number of amides is 2. The van der Waals surface area contributed by atoms with Crippen molar-refractivity contribution >= 4 is 40.7 Å². The molecule has 10 heteroatoms. The minimum atomic E-state index is -0.592. The summed E-state index contributed by atoms with van der Waals surface area (Å²) in [5.74, 6) is 0.422. The highest BCUT2D eigenvalue weighted by atomic mass is 35.5. The summed E-state index contributed by atoms with van der Waals surface area (Å²) in [5, 5.41) is 8.20. The van der Waals surface area contributed by atoms with E-state index in [0.29, 0.717) is 39.2 Å². The number of rotatable bonds is 6. The number of carbonyl (C=O) groups excluding carboxylic acids is 2. The number of aromatic nitrogens is 4. The number of carbonyl (C=O) groups is 2. The maximum Gasteiger partial charge on any atom is 0.254 e. The van der Waals surface area contributed by atoms with Crippen LogP contribution in [0.3, 0.4) is 0 Å². The minimum absolute atomic E-state index is 0.149. The quantitative estimate of drug-likeness (QED) is 0.422. The maximum absolute atomic E-state index is 12.5. The van der Waals surface area contributed by atoms with Crippen LogP contribution in [0.4, 0.5) is 17.3 Å². The van der Waals surface area contributed by atoms with E-state index in [1.165, 1.54) is 0 Å². The van der Waals surface area contributed by atoms with E-state index in [1.807, 2.05) is 30.9 Å². The van der Waals surface area contributed by atoms with Crippen molar-refractivity contribution in [2.75, 3.05) is 10.2 Å². The molecule has 0 bridgehead atoms. The molecule has 3 heterocycles. The fourth-order valence-electron chi connectivity index (χ4n) is 4.24. The number of primary amides is 1. The zero-order valence-corrected chi connectivity index (χ0v) is 19.8. The van der Waals surface area contributed by atoms with Gasteiger partial charge in [-0.2, -0.15) is 5.10 Å². The van der Waals surface area contributed by atoms with Gasteiger partial charge in [0.15, 0.2) is 11.6 Å². The van der Waals surface area contributed by atoms with Gasteiger partial charge < -0.3 is 11.1 Å². The molecule has 5 rings (SSSR count). The number of nitrogens with two attached hydrogens (primary N) is 1. The lowest BCUT2D eigenvalue weighted by Crippen LogP contribution is -2.55. The molecule has 1 aliphatic heterocycles. The average molecular weight is 488 g/mol. The van der Waals surface area contributed by atoms with Crippen molar-refractivity contribution in [2.24, 2.45) is 5.73 Å². The number of anilines is 3. The Hall–Kier alpha value is -4.24. The van der Waals surface area contributed by atoms with Crippen LogP contribution in [-0.2, 0) is 16.9 Å². The van der Waals surface area contributed by atoms with Crippen LogP contribution in [0, 0.1) is 0 Å². The smallest absolute Gasteiger partial charge is 0.254 e. The maximum atomic E-state index is 12.5. The number of benzene rings is 2. The predicted molar refractivity (Wildman–Crippen MR) is 133 cm³/mol. The molecule has 2 amide bonds. The van der Waals surface area contributed by atoms with Crippen LogP contribution in [0.25, 0.3) is 11.3 Å². The van der Waals surface area contributed by atoms with Gasteiger partial charge in [-0.3, -0.25) is 19.5 Å². The summed E-state index contributed by atoms with van der Waals surface area (Å²) in [5.41, 5.74) is 8.18. The molecule has 35 heavy (non-hydrogen) atoms. The molecule has 4 aromatic rings. The van der Waals surface area contributed by atoms with Gasteiger partial charge in [-0.05, 0) is 43.7 Å². The van der Waals surface area contributed by atoms with Crippen molar-refractivity contribution in [3.63, 3.8) is 0 Å². The van der Waals surface area contributed by atoms with Crippen molar-refractivity contribution in [3.8, 4) is 11.3 Å². The molecule has 0 unspecified atom stereocenters. The number of hydrogen-bond acceptors (Lipinski definition) is 6. The number of halogens is 1. The molecule has 0 aliphatic carbocycles. The van der Waals surface area contributed by atoms with Crippen molar-refractivity contribution in [1.29, 1.82) is 0 Å². The van der Waals surface area contributed by atoms with Crippen molar-refractivity contribution in [1.82, 2.24) is 19.7 Å². The lowest BCUT2D eigenvalue weighted by atomic mass is 10.0. The molecule has 2 aromatic carbocycles. The summed E-state index contributed by atoms with van der Waals surface area (Å²) >= 11 is 5.90. The highest BCUT2D eigenvalue weighted by Crippen LogP contribution is 2.49. The van der Waals surface area contributed by atoms with E-state index in [2.05, 4.69) is 15.3 Å². The Kier molecular flexibility index (Phi) is 5.49. The third-order valence-electron chi connectivity index (χ3n) is 5.88. The number of fused-ring (bicyclic) bond motifs is 1. The molecule has 0 spiro atoms. The normalized spacial score (nSPS) is 13.6. The Bertz CT molecular complexity index is 1410. The predicted octanol–water partition coefficient (Wildman–Crippen LogP) is 4.12. The van der Waals surface area contributed by atoms with Crippen LogP contribution < -0.4 is 16.0 Å². The second-order valence-electron chi connectivity index (χ2n) is 8.65. The fourth-order valence-corrected chi connectivity index (χ4v) is 4.36. The van der Waals surface area contributed by atoms with Gasteiger partial charge in [0.25, 0.3) is 5.91 Å². The standard InChI is InChI=1S/C25H22ClN7O2/c1-25(2)32(19-14-28-11-12-29-19)24-21(23(27)35)22(31-33(24)25)16-5-9-18(10-6-16)30-20(34)13-15-3-7-17(26)8-4-15/h3-12,14H,13H2,1-2H3,(H2,27,35)(H,30,34). The van der Waals surface area contributed by atoms with Crippen molar-refractivity contribution in [3.05, 3.63) is 83.3 Å². The van der Waals surface area contributed by atoms with E-state index < -0.39 is 11.6 Å². The molecule has 0 radical (unpaired) electrons. The fraction of sp³-hybridized carbons (Fsp3) is 0.160. The van der Waals surface area contributed by atoms with Crippen LogP contribution >= 0.6 is 11.6 Å². The molecule has 1 aliphatic rings. The highest BCUT2D eigenvalue weighted by Gasteiger charge is 2.49. The lowest BCUT2D eigenvalue weighted by molar-refractivity contribution is -0.115. The van der Waals surface area contributed by atoms with Gasteiger partial charge in [0.1, 0.15) is 16.9 Å². The third kappa shape index (κ3) is 4.00. The molecule has 2 aromatic heterocycles. The molecule has 176 valence electrons. The van der Waals surface area contributed by atoms with E-state index in [-0.39, 0.29) is 12.3 Å². The molecule has 0 saturated heterocycles. The second-order valence-corrected chi connectivity index (χ2v) is 9.08. The Morgan fingerprint density at radius 1 is 1.06 bits per heavy atom. The summed E-state index contributed by atoms with van der Waals surface area (Å²) in [6.07, 6.45) is 5.04. The lowest BCUT2D eigenvalue weighted by Gasteiger charge is -2.49. The first kappa shape index (κ1) is 22.5. The monoisotopic (exact) mass is 487 g/mol. The second kappa shape index (κ2) is 8.52. The molecular weight excluding hydrogens is 466 g/mol. The van der Waals surface area contributed by atoms with Gasteiger partial charge in [0.2, 0.25) is 5.91 Å². The molecule has 0 atom stereocenters. The number of hydrogen-bond donors (Lipinski definition) is 2. The van der Waals surface area contributed by atoms with Gasteiger partial charge in [-0.15, -0.1) is 0 Å². The molecule has 0 fully saturated rings. The Morgan fingerprint density at radius 2 is 1.77 bits per heavy atom. The number of nitrogens with one attached hydrogen (secondary N) is 1. The van der Waals surface area contributed by atoms with Gasteiger partial charge in [-0.25, -0.2) is 9.67 Å². The molecule has 0 saturated carbocycles. The zero-order valence-electron chi connectivity index (χ0n) is 19.1. The summed E-state index contributed by atoms with van der Waals surface area (Å²) in [4.78, 5) is 35.3. The van der Waals surface area contributed by atoms with Crippen LogP contribution in [0.15, 0.2) is 67.1 Å². The Balaban J connectivity index is 1.41. The average Bonchev–Trinajstić information content (AvgIpc) is 3.19. The SMILES string of the molecule is CC1(C)N(c2cnccn2)c2c(C(N)=O)c(-c3ccc(NC(=O)Cc4ccc(Cl)cc4)cc3)nn21. The van der Waals surface area contributed by atoms with Crippen molar-refractivity contribution in [2.45, 2.75) is 25.9 Å². The Labute approximate surface area is 206 Å². The van der Waals surface area contributed by atoms with Gasteiger partial charge in [-0.1, -0.05) is 35.9 Å². The van der Waals surface area contributed by atoms with Crippen LogP contribution in [0.2, 0.25) is 5.02 Å². The first-order chi connectivity index (χ1) is 16.8. The Morgan fingerprint density at radius 3 is 2.40 bits per heavy atom. The molecular formula is C25H22ClN7O2. The summed E-state index contributed by atoms with van der Waals surface area (Å²) < 4.78 is 1.76. The van der Waals surface area contributed by atoms with E-state index >= 15 is 0 Å². The third-order valence-corrected chi connectivity index (χ3v) is 6.14. The van der Waals surface area contributed by atoms with E-state index in [0.717, 1.165) is 5.56 Å².